The van der Waals surface area contributed by atoms with Gasteiger partial charge in [-0.15, -0.1) is 0 Å². The monoisotopic (exact) mass is 308 g/mol. The highest BCUT2D eigenvalue weighted by Crippen LogP contribution is 2.47. The number of rotatable bonds is 6. The summed E-state index contributed by atoms with van der Waals surface area (Å²) in [5.74, 6) is 3.36. The predicted octanol–water partition coefficient (Wildman–Crippen LogP) is 6.54. The van der Waals surface area contributed by atoms with E-state index >= 15 is 0 Å². The molecule has 1 heteroatoms. The number of para-hydroxylation sites is 1. The second-order valence-corrected chi connectivity index (χ2v) is 6.69. The third-order valence-electron chi connectivity index (χ3n) is 5.06. The van der Waals surface area contributed by atoms with E-state index in [2.05, 4.69) is 62.4 Å². The Labute approximate surface area is 140 Å². The number of ether oxygens (including phenoxy) is 1. The molecule has 0 saturated heterocycles. The molecule has 1 aromatic carbocycles. The predicted molar refractivity (Wildman–Crippen MR) is 97.7 cm³/mol. The van der Waals surface area contributed by atoms with Gasteiger partial charge in [0.15, 0.2) is 0 Å². The second kappa shape index (κ2) is 7.68. The fourth-order valence-corrected chi connectivity index (χ4v) is 3.99. The highest BCUT2D eigenvalue weighted by Gasteiger charge is 2.33. The Hall–Kier alpha value is -1.76. The SMILES string of the molecule is CCCC[C@@H](CCC)C1C2=C(C=CC=CC2)Oc2ccccc21. The van der Waals surface area contributed by atoms with Crippen molar-refractivity contribution in [2.45, 2.75) is 58.3 Å². The number of benzene rings is 1. The highest BCUT2D eigenvalue weighted by atomic mass is 16.5. The maximum atomic E-state index is 6.23. The van der Waals surface area contributed by atoms with Crippen LogP contribution in [-0.4, -0.2) is 0 Å². The Bertz CT molecular complexity index is 621. The van der Waals surface area contributed by atoms with Gasteiger partial charge in [0, 0.05) is 11.5 Å². The van der Waals surface area contributed by atoms with E-state index in [0.29, 0.717) is 5.92 Å². The minimum atomic E-state index is 0.508. The number of unbranched alkanes of at least 4 members (excludes halogenated alkanes) is 1. The lowest BCUT2D eigenvalue weighted by atomic mass is 9.73. The molecule has 1 aliphatic carbocycles. The molecule has 0 aromatic heterocycles. The zero-order chi connectivity index (χ0) is 16.1. The van der Waals surface area contributed by atoms with Crippen LogP contribution in [0.2, 0.25) is 0 Å². The van der Waals surface area contributed by atoms with Crippen LogP contribution in [0.25, 0.3) is 0 Å². The summed E-state index contributed by atoms with van der Waals surface area (Å²) < 4.78 is 6.23. The van der Waals surface area contributed by atoms with Crippen molar-refractivity contribution in [2.24, 2.45) is 5.92 Å². The van der Waals surface area contributed by atoms with E-state index < -0.39 is 0 Å². The first-order chi connectivity index (χ1) is 11.3. The van der Waals surface area contributed by atoms with Crippen LogP contribution in [0.4, 0.5) is 0 Å². The minimum absolute atomic E-state index is 0.508. The Morgan fingerprint density at radius 3 is 2.78 bits per heavy atom. The Kier molecular flexibility index (Phi) is 5.38. The molecular weight excluding hydrogens is 280 g/mol. The van der Waals surface area contributed by atoms with Gasteiger partial charge in [-0.3, -0.25) is 0 Å². The standard InChI is InChI=1S/C22H28O/c1-3-5-12-17(11-4-2)22-18-13-7-6-8-15-20(18)23-21-16-10-9-14-19(21)22/h6-10,14-17,22H,3-5,11-13H2,1-2H3/t17-,22?/m1/s1. The number of fused-ring (bicyclic) bond motifs is 1. The largest absolute Gasteiger partial charge is 0.457 e. The maximum absolute atomic E-state index is 6.23. The molecule has 0 radical (unpaired) electrons. The van der Waals surface area contributed by atoms with Crippen molar-refractivity contribution in [3.05, 3.63) is 65.5 Å². The molecule has 0 N–H and O–H groups in total. The highest BCUT2D eigenvalue weighted by molar-refractivity contribution is 5.50. The topological polar surface area (TPSA) is 9.23 Å². The Morgan fingerprint density at radius 2 is 1.96 bits per heavy atom. The van der Waals surface area contributed by atoms with Crippen molar-refractivity contribution in [1.82, 2.24) is 0 Å². The van der Waals surface area contributed by atoms with Gasteiger partial charge in [-0.25, -0.2) is 0 Å². The molecule has 1 aromatic rings. The smallest absolute Gasteiger partial charge is 0.131 e. The first kappa shape index (κ1) is 16.1. The van der Waals surface area contributed by atoms with Gasteiger partial charge in [0.1, 0.15) is 11.5 Å². The zero-order valence-electron chi connectivity index (χ0n) is 14.4. The van der Waals surface area contributed by atoms with Crippen molar-refractivity contribution in [3.8, 4) is 5.75 Å². The van der Waals surface area contributed by atoms with Crippen molar-refractivity contribution < 1.29 is 4.74 Å². The number of hydrogen-bond acceptors (Lipinski definition) is 1. The van der Waals surface area contributed by atoms with Crippen molar-refractivity contribution >= 4 is 0 Å². The summed E-state index contributed by atoms with van der Waals surface area (Å²) in [5.41, 5.74) is 2.87. The van der Waals surface area contributed by atoms with Gasteiger partial charge in [0.25, 0.3) is 0 Å². The van der Waals surface area contributed by atoms with E-state index in [-0.39, 0.29) is 0 Å². The van der Waals surface area contributed by atoms with E-state index in [1.807, 2.05) is 0 Å². The average Bonchev–Trinajstić information content (AvgIpc) is 2.82. The summed E-state index contributed by atoms with van der Waals surface area (Å²) in [6.07, 6.45) is 16.1. The van der Waals surface area contributed by atoms with Gasteiger partial charge >= 0.3 is 0 Å². The fraction of sp³-hybridized carbons (Fsp3) is 0.455. The lowest BCUT2D eigenvalue weighted by Gasteiger charge is -2.35. The van der Waals surface area contributed by atoms with E-state index in [4.69, 9.17) is 4.74 Å². The van der Waals surface area contributed by atoms with E-state index in [1.165, 1.54) is 43.2 Å². The molecule has 1 unspecified atom stereocenters. The lowest BCUT2D eigenvalue weighted by molar-refractivity contribution is 0.334. The summed E-state index contributed by atoms with van der Waals surface area (Å²) in [6, 6.07) is 8.64. The third kappa shape index (κ3) is 3.44. The molecule has 2 atom stereocenters. The first-order valence-corrected chi connectivity index (χ1v) is 9.18. The molecule has 122 valence electrons. The molecule has 1 nitrogen and oxygen atoms in total. The van der Waals surface area contributed by atoms with Crippen LogP contribution in [0.15, 0.2) is 59.9 Å². The van der Waals surface area contributed by atoms with Gasteiger partial charge in [0.2, 0.25) is 0 Å². The molecule has 23 heavy (non-hydrogen) atoms. The molecular formula is C22H28O. The van der Waals surface area contributed by atoms with Gasteiger partial charge in [-0.05, 0) is 42.9 Å². The van der Waals surface area contributed by atoms with Crippen LogP contribution in [0.5, 0.6) is 5.75 Å². The van der Waals surface area contributed by atoms with E-state index in [1.54, 1.807) is 0 Å². The summed E-state index contributed by atoms with van der Waals surface area (Å²) in [4.78, 5) is 0. The third-order valence-corrected chi connectivity index (χ3v) is 5.06. The van der Waals surface area contributed by atoms with Crippen LogP contribution in [0.3, 0.4) is 0 Å². The maximum Gasteiger partial charge on any atom is 0.131 e. The number of allylic oxidation sites excluding steroid dienone is 5. The van der Waals surface area contributed by atoms with Crippen LogP contribution in [-0.2, 0) is 0 Å². The molecule has 0 saturated carbocycles. The Balaban J connectivity index is 2.03. The molecule has 1 aliphatic heterocycles. The van der Waals surface area contributed by atoms with Gasteiger partial charge < -0.3 is 4.74 Å². The number of hydrogen-bond donors (Lipinski definition) is 0. The van der Waals surface area contributed by atoms with Gasteiger partial charge in [-0.2, -0.15) is 0 Å². The molecule has 0 spiro atoms. The van der Waals surface area contributed by atoms with Crippen LogP contribution >= 0.6 is 0 Å². The van der Waals surface area contributed by atoms with Crippen LogP contribution in [0, 0.1) is 5.92 Å². The summed E-state index contributed by atoms with van der Waals surface area (Å²) in [7, 11) is 0. The molecule has 3 rings (SSSR count). The quantitative estimate of drug-likeness (QED) is 0.579. The molecule has 0 bridgehead atoms. The molecule has 0 amide bonds. The minimum Gasteiger partial charge on any atom is -0.457 e. The van der Waals surface area contributed by atoms with Crippen LogP contribution in [0.1, 0.15) is 63.9 Å². The first-order valence-electron chi connectivity index (χ1n) is 9.18. The zero-order valence-corrected chi connectivity index (χ0v) is 14.4. The van der Waals surface area contributed by atoms with E-state index in [9.17, 15) is 0 Å². The average molecular weight is 308 g/mol. The molecule has 0 fully saturated rings. The Morgan fingerprint density at radius 1 is 1.09 bits per heavy atom. The summed E-state index contributed by atoms with van der Waals surface area (Å²) in [6.45, 7) is 4.61. The van der Waals surface area contributed by atoms with Crippen molar-refractivity contribution in [2.75, 3.05) is 0 Å². The lowest BCUT2D eigenvalue weighted by Crippen LogP contribution is -2.22. The second-order valence-electron chi connectivity index (χ2n) is 6.69. The van der Waals surface area contributed by atoms with Crippen molar-refractivity contribution in [3.63, 3.8) is 0 Å². The van der Waals surface area contributed by atoms with Gasteiger partial charge in [0.05, 0.1) is 0 Å². The van der Waals surface area contributed by atoms with E-state index in [0.717, 1.165) is 23.8 Å². The molecule has 1 heterocycles. The van der Waals surface area contributed by atoms with Crippen molar-refractivity contribution in [1.29, 1.82) is 0 Å². The normalized spacial score (nSPS) is 20.5. The fourth-order valence-electron chi connectivity index (χ4n) is 3.99. The summed E-state index contributed by atoms with van der Waals surface area (Å²) in [5, 5.41) is 0. The summed E-state index contributed by atoms with van der Waals surface area (Å²) >= 11 is 0. The van der Waals surface area contributed by atoms with Gasteiger partial charge in [-0.1, -0.05) is 69.5 Å². The molecule has 2 aliphatic rings. The van der Waals surface area contributed by atoms with Crippen LogP contribution < -0.4 is 4.74 Å².